The van der Waals surface area contributed by atoms with Crippen LogP contribution in [0.1, 0.15) is 35.3 Å². The summed E-state index contributed by atoms with van der Waals surface area (Å²) in [6, 6.07) is 8.24. The minimum atomic E-state index is -4.55. The Morgan fingerprint density at radius 3 is 2.38 bits per heavy atom. The van der Waals surface area contributed by atoms with Crippen LogP contribution in [0, 0.1) is 0 Å². The van der Waals surface area contributed by atoms with Gasteiger partial charge in [0, 0.05) is 62.3 Å². The molecule has 0 radical (unpaired) electrons. The summed E-state index contributed by atoms with van der Waals surface area (Å²) in [7, 11) is 0. The number of nitrogens with zero attached hydrogens (tertiary/aromatic N) is 3. The first-order valence-corrected chi connectivity index (χ1v) is 14.7. The van der Waals surface area contributed by atoms with Gasteiger partial charge in [-0.1, -0.05) is 17.7 Å². The van der Waals surface area contributed by atoms with Gasteiger partial charge in [0.1, 0.15) is 5.75 Å². The number of alkyl halides is 3. The van der Waals surface area contributed by atoms with Gasteiger partial charge in [-0.05, 0) is 62.4 Å². The molecule has 0 spiro atoms. The minimum absolute atomic E-state index is 0.0304. The van der Waals surface area contributed by atoms with E-state index >= 15 is 0 Å². The van der Waals surface area contributed by atoms with Crippen molar-refractivity contribution in [1.29, 1.82) is 0 Å². The van der Waals surface area contributed by atoms with E-state index in [-0.39, 0.29) is 34.6 Å². The van der Waals surface area contributed by atoms with Gasteiger partial charge in [0.15, 0.2) is 0 Å². The Hall–Kier alpha value is -1.98. The van der Waals surface area contributed by atoms with E-state index in [1.807, 2.05) is 0 Å². The molecule has 2 aromatic carbocycles. The van der Waals surface area contributed by atoms with Crippen molar-refractivity contribution in [2.45, 2.75) is 49.6 Å². The van der Waals surface area contributed by atoms with E-state index in [1.165, 1.54) is 17.8 Å². The van der Waals surface area contributed by atoms with Crippen molar-refractivity contribution >= 4 is 29.3 Å². The number of ether oxygens (including phenoxy) is 1. The molecule has 2 heterocycles. The molecular formula is C28H35ClF3N3O3S. The second kappa shape index (κ2) is 12.7. The van der Waals surface area contributed by atoms with Crippen molar-refractivity contribution in [3.05, 3.63) is 58.1 Å². The molecule has 2 aliphatic heterocycles. The highest BCUT2D eigenvalue weighted by atomic mass is 35.5. The highest BCUT2D eigenvalue weighted by Crippen LogP contribution is 2.33. The van der Waals surface area contributed by atoms with E-state index in [9.17, 15) is 23.1 Å². The Bertz CT molecular complexity index is 1160. The number of benzene rings is 2. The van der Waals surface area contributed by atoms with E-state index in [1.54, 1.807) is 29.4 Å². The van der Waals surface area contributed by atoms with Gasteiger partial charge in [-0.2, -0.15) is 13.2 Å². The smallest absolute Gasteiger partial charge is 0.416 e. The van der Waals surface area contributed by atoms with E-state index in [0.29, 0.717) is 31.0 Å². The van der Waals surface area contributed by atoms with Gasteiger partial charge in [-0.25, -0.2) is 0 Å². The van der Waals surface area contributed by atoms with Crippen LogP contribution in [0.25, 0.3) is 0 Å². The number of amides is 1. The molecule has 4 rings (SSSR count). The Balaban J connectivity index is 1.54. The maximum absolute atomic E-state index is 13.7. The lowest BCUT2D eigenvalue weighted by Gasteiger charge is -2.43. The van der Waals surface area contributed by atoms with Crippen LogP contribution in [-0.4, -0.2) is 96.0 Å². The van der Waals surface area contributed by atoms with Crippen LogP contribution in [0.4, 0.5) is 13.2 Å². The number of phenols is 1. The topological polar surface area (TPSA) is 56.3 Å². The predicted octanol–water partition coefficient (Wildman–Crippen LogP) is 5.26. The zero-order valence-corrected chi connectivity index (χ0v) is 24.0. The fourth-order valence-corrected chi connectivity index (χ4v) is 6.05. The first-order chi connectivity index (χ1) is 18.4. The lowest BCUT2D eigenvalue weighted by molar-refractivity contribution is -0.137. The van der Waals surface area contributed by atoms with Gasteiger partial charge in [0.2, 0.25) is 0 Å². The maximum Gasteiger partial charge on any atom is 0.416 e. The molecule has 1 amide bonds. The fourth-order valence-electron chi connectivity index (χ4n) is 5.44. The van der Waals surface area contributed by atoms with E-state index in [0.717, 1.165) is 43.9 Å². The van der Waals surface area contributed by atoms with Crippen molar-refractivity contribution in [3.8, 4) is 5.75 Å². The number of aromatic hydroxyl groups is 1. The number of hydrogen-bond donors (Lipinski definition) is 1. The summed E-state index contributed by atoms with van der Waals surface area (Å²) in [4.78, 5) is 20.4. The molecule has 2 aromatic rings. The Morgan fingerprint density at radius 1 is 1.05 bits per heavy atom. The van der Waals surface area contributed by atoms with Gasteiger partial charge in [0.25, 0.3) is 5.91 Å². The van der Waals surface area contributed by atoms with Gasteiger partial charge in [-0.3, -0.25) is 14.6 Å². The summed E-state index contributed by atoms with van der Waals surface area (Å²) >= 11 is 7.16. The number of carbonyl (C=O) groups is 1. The second-order valence-electron chi connectivity index (χ2n) is 10.4. The molecule has 0 aliphatic carbocycles. The largest absolute Gasteiger partial charge is 0.506 e. The SMILES string of the molecule is CSc1cc(C(=O)N2CCN(CCN3C[C@@H](C)O[C@@H](C)C3)C[C@H]2Cc2ccc(Cl)c(O)c2)cc(C(F)(F)F)c1. The quantitative estimate of drug-likeness (QED) is 0.447. The predicted molar refractivity (Wildman–Crippen MR) is 148 cm³/mol. The van der Waals surface area contributed by atoms with Crippen molar-refractivity contribution < 1.29 is 27.8 Å². The minimum Gasteiger partial charge on any atom is -0.506 e. The molecular weight excluding hydrogens is 551 g/mol. The first-order valence-electron chi connectivity index (χ1n) is 13.1. The monoisotopic (exact) mass is 585 g/mol. The van der Waals surface area contributed by atoms with Gasteiger partial charge < -0.3 is 14.7 Å². The normalized spacial score (nSPS) is 23.3. The highest BCUT2D eigenvalue weighted by molar-refractivity contribution is 7.98. The number of carbonyl (C=O) groups excluding carboxylic acids is 1. The Morgan fingerprint density at radius 2 is 1.74 bits per heavy atom. The standard InChI is InChI=1S/C28H35ClF3N3O3S/c1-18-15-34(16-19(2)38-18)7-6-33-8-9-35(23(17-33)10-20-4-5-25(29)26(36)11-20)27(37)21-12-22(28(30,31)32)14-24(13-21)39-3/h4-5,11-14,18-19,23,36H,6-10,15-17H2,1-3H3/t18-,19+,23-/m1/s1. The zero-order chi connectivity index (χ0) is 28.3. The average molecular weight is 586 g/mol. The molecule has 2 saturated heterocycles. The molecule has 1 N–H and O–H groups in total. The molecule has 2 fully saturated rings. The highest BCUT2D eigenvalue weighted by Gasteiger charge is 2.35. The molecule has 0 bridgehead atoms. The maximum atomic E-state index is 13.7. The van der Waals surface area contributed by atoms with Crippen molar-refractivity contribution in [1.82, 2.24) is 14.7 Å². The molecule has 214 valence electrons. The Kier molecular flexibility index (Phi) is 9.75. The molecule has 0 aromatic heterocycles. The van der Waals surface area contributed by atoms with E-state index in [4.69, 9.17) is 16.3 Å². The summed E-state index contributed by atoms with van der Waals surface area (Å²) < 4.78 is 46.6. The molecule has 2 aliphatic rings. The summed E-state index contributed by atoms with van der Waals surface area (Å²) in [5, 5.41) is 10.4. The number of piperazine rings is 1. The zero-order valence-electron chi connectivity index (χ0n) is 22.4. The van der Waals surface area contributed by atoms with E-state index in [2.05, 4.69) is 23.6 Å². The molecule has 0 saturated carbocycles. The number of rotatable bonds is 7. The van der Waals surface area contributed by atoms with Crippen LogP contribution in [0.2, 0.25) is 5.02 Å². The number of hydrogen-bond acceptors (Lipinski definition) is 6. The van der Waals surface area contributed by atoms with Gasteiger partial charge in [-0.15, -0.1) is 11.8 Å². The second-order valence-corrected chi connectivity index (χ2v) is 11.7. The van der Waals surface area contributed by atoms with Crippen LogP contribution in [0.3, 0.4) is 0 Å². The third kappa shape index (κ3) is 7.82. The summed E-state index contributed by atoms with van der Waals surface area (Å²) in [5.74, 6) is -0.465. The van der Waals surface area contributed by atoms with E-state index < -0.39 is 17.6 Å². The molecule has 3 atom stereocenters. The van der Waals surface area contributed by atoms with Crippen LogP contribution in [-0.2, 0) is 17.3 Å². The summed E-state index contributed by atoms with van der Waals surface area (Å²) in [5.41, 5.74) is -0.00132. The van der Waals surface area contributed by atoms with Crippen LogP contribution in [0.15, 0.2) is 41.3 Å². The average Bonchev–Trinajstić information content (AvgIpc) is 2.88. The molecule has 6 nitrogen and oxygen atoms in total. The van der Waals surface area contributed by atoms with Crippen molar-refractivity contribution in [3.63, 3.8) is 0 Å². The summed E-state index contributed by atoms with van der Waals surface area (Å²) in [6.07, 6.45) is -2.07. The Labute approximate surface area is 237 Å². The number of thioether (sulfide) groups is 1. The third-order valence-corrected chi connectivity index (χ3v) is 8.28. The van der Waals surface area contributed by atoms with Crippen LogP contribution in [0.5, 0.6) is 5.75 Å². The number of halogens is 4. The van der Waals surface area contributed by atoms with Crippen molar-refractivity contribution in [2.75, 3.05) is 52.1 Å². The third-order valence-electron chi connectivity index (χ3n) is 7.25. The van der Waals surface area contributed by atoms with Gasteiger partial charge in [0.05, 0.1) is 22.8 Å². The van der Waals surface area contributed by atoms with Crippen LogP contribution < -0.4 is 0 Å². The van der Waals surface area contributed by atoms with Crippen LogP contribution >= 0.6 is 23.4 Å². The molecule has 0 unspecified atom stereocenters. The summed E-state index contributed by atoms with van der Waals surface area (Å²) in [6.45, 7) is 9.13. The molecule has 39 heavy (non-hydrogen) atoms. The first kappa shape index (κ1) is 30.0. The molecule has 11 heteroatoms. The number of morpholine rings is 1. The number of phenolic OH excluding ortho intramolecular Hbond substituents is 1. The van der Waals surface area contributed by atoms with Crippen molar-refractivity contribution in [2.24, 2.45) is 0 Å². The fraction of sp³-hybridized carbons (Fsp3) is 0.536. The lowest BCUT2D eigenvalue weighted by atomic mass is 10.00. The lowest BCUT2D eigenvalue weighted by Crippen LogP contribution is -2.57. The van der Waals surface area contributed by atoms with Gasteiger partial charge >= 0.3 is 6.18 Å².